The van der Waals surface area contributed by atoms with Crippen LogP contribution in [-0.4, -0.2) is 16.2 Å². The van der Waals surface area contributed by atoms with E-state index in [2.05, 4.69) is 16.0 Å². The van der Waals surface area contributed by atoms with E-state index in [1.165, 1.54) is 32.1 Å². The number of aliphatic imine (C=N–C) groups is 1. The molecule has 0 spiro atoms. The molecule has 0 saturated heterocycles. The lowest BCUT2D eigenvalue weighted by molar-refractivity contribution is 0.246. The van der Waals surface area contributed by atoms with Crippen LogP contribution in [-0.2, 0) is 5.54 Å². The predicted molar refractivity (Wildman–Crippen MR) is 67.9 cm³/mol. The van der Waals surface area contributed by atoms with Gasteiger partial charge in [-0.05, 0) is 37.0 Å². The summed E-state index contributed by atoms with van der Waals surface area (Å²) in [5, 5.41) is 0. The largest absolute Gasteiger partial charge is 0.274 e. The maximum absolute atomic E-state index is 4.70. The minimum atomic E-state index is -0.276. The van der Waals surface area contributed by atoms with Gasteiger partial charge in [-0.15, -0.1) is 0 Å². The van der Waals surface area contributed by atoms with E-state index in [1.807, 2.05) is 30.8 Å². The molecule has 0 N–H and O–H groups in total. The molecule has 0 bridgehead atoms. The Bertz CT molecular complexity index is 418. The van der Waals surface area contributed by atoms with Gasteiger partial charge in [0.15, 0.2) is 5.82 Å². The van der Waals surface area contributed by atoms with Gasteiger partial charge in [-0.25, -0.2) is 9.97 Å². The van der Waals surface area contributed by atoms with Crippen molar-refractivity contribution in [2.45, 2.75) is 37.6 Å². The zero-order chi connectivity index (χ0) is 11.6. The highest BCUT2D eigenvalue weighted by molar-refractivity contribution is 5.75. The first-order chi connectivity index (χ1) is 8.42. The molecule has 2 heterocycles. The third kappa shape index (κ3) is 1.79. The Balaban J connectivity index is 1.99. The van der Waals surface area contributed by atoms with Gasteiger partial charge < -0.3 is 0 Å². The molecular formula is C14H17N3. The van der Waals surface area contributed by atoms with Crippen LogP contribution < -0.4 is 0 Å². The van der Waals surface area contributed by atoms with Crippen molar-refractivity contribution in [2.24, 2.45) is 10.9 Å². The van der Waals surface area contributed by atoms with Crippen LogP contribution in [0.1, 0.15) is 37.9 Å². The van der Waals surface area contributed by atoms with Crippen molar-refractivity contribution in [3.05, 3.63) is 36.4 Å². The van der Waals surface area contributed by atoms with Crippen molar-refractivity contribution in [3.8, 4) is 0 Å². The van der Waals surface area contributed by atoms with Gasteiger partial charge in [0.2, 0.25) is 0 Å². The first-order valence-corrected chi connectivity index (χ1v) is 6.42. The van der Waals surface area contributed by atoms with Gasteiger partial charge in [-0.1, -0.05) is 19.3 Å². The number of rotatable bonds is 2. The lowest BCUT2D eigenvalue weighted by Crippen LogP contribution is -2.33. The number of nitrogens with zero attached hydrogens (tertiary/aromatic N) is 3. The second-order valence-electron chi connectivity index (χ2n) is 4.87. The van der Waals surface area contributed by atoms with Gasteiger partial charge in [0, 0.05) is 18.6 Å². The molecule has 3 heteroatoms. The van der Waals surface area contributed by atoms with Crippen LogP contribution in [0.25, 0.3) is 0 Å². The Morgan fingerprint density at radius 3 is 2.47 bits per heavy atom. The SMILES string of the molecule is C1=CC(c2ncccn2)(C2CCCCC2)N=C1. The summed E-state index contributed by atoms with van der Waals surface area (Å²) in [6, 6.07) is 1.86. The number of hydrogen-bond donors (Lipinski definition) is 0. The molecule has 1 aromatic heterocycles. The Morgan fingerprint density at radius 2 is 1.82 bits per heavy atom. The average Bonchev–Trinajstić information content (AvgIpc) is 2.91. The fourth-order valence-electron chi connectivity index (χ4n) is 3.00. The molecule has 1 atom stereocenters. The van der Waals surface area contributed by atoms with E-state index in [1.54, 1.807) is 0 Å². The first kappa shape index (κ1) is 10.6. The Hall–Kier alpha value is -1.51. The van der Waals surface area contributed by atoms with Crippen LogP contribution in [0, 0.1) is 5.92 Å². The van der Waals surface area contributed by atoms with Crippen LogP contribution in [0.2, 0.25) is 0 Å². The summed E-state index contributed by atoms with van der Waals surface area (Å²) in [5.41, 5.74) is -0.276. The van der Waals surface area contributed by atoms with Gasteiger partial charge in [0.25, 0.3) is 0 Å². The van der Waals surface area contributed by atoms with Crippen molar-refractivity contribution in [1.29, 1.82) is 0 Å². The highest BCUT2D eigenvalue weighted by atomic mass is 15.0. The van der Waals surface area contributed by atoms with E-state index in [0.29, 0.717) is 5.92 Å². The summed E-state index contributed by atoms with van der Waals surface area (Å²) in [7, 11) is 0. The monoisotopic (exact) mass is 227 g/mol. The molecule has 1 aliphatic heterocycles. The molecule has 3 nitrogen and oxygen atoms in total. The van der Waals surface area contributed by atoms with Crippen LogP contribution in [0.15, 0.2) is 35.6 Å². The van der Waals surface area contributed by atoms with Gasteiger partial charge >= 0.3 is 0 Å². The molecule has 2 aliphatic rings. The summed E-state index contributed by atoms with van der Waals surface area (Å²) in [6.45, 7) is 0. The molecule has 3 rings (SSSR count). The topological polar surface area (TPSA) is 38.1 Å². The normalized spacial score (nSPS) is 28.7. The highest BCUT2D eigenvalue weighted by Gasteiger charge is 2.41. The van der Waals surface area contributed by atoms with Gasteiger partial charge in [-0.2, -0.15) is 0 Å². The number of hydrogen-bond acceptors (Lipinski definition) is 3. The Kier molecular flexibility index (Phi) is 2.75. The molecule has 17 heavy (non-hydrogen) atoms. The standard InChI is InChI=1S/C14H17N3/c1-2-6-12(7-3-1)14(8-4-11-17-14)13-15-9-5-10-16-13/h4-5,8-12H,1-3,6-7H2. The van der Waals surface area contributed by atoms with Crippen molar-refractivity contribution in [3.63, 3.8) is 0 Å². The summed E-state index contributed by atoms with van der Waals surface area (Å²) in [5.74, 6) is 1.42. The fourth-order valence-corrected chi connectivity index (χ4v) is 3.00. The maximum atomic E-state index is 4.70. The van der Waals surface area contributed by atoms with Crippen LogP contribution in [0.4, 0.5) is 0 Å². The molecule has 0 aromatic carbocycles. The summed E-state index contributed by atoms with van der Waals surface area (Å²) < 4.78 is 0. The fraction of sp³-hybridized carbons (Fsp3) is 0.500. The van der Waals surface area contributed by atoms with Gasteiger partial charge in [-0.3, -0.25) is 4.99 Å². The van der Waals surface area contributed by atoms with Crippen LogP contribution >= 0.6 is 0 Å². The van der Waals surface area contributed by atoms with Crippen LogP contribution in [0.5, 0.6) is 0 Å². The molecule has 1 aromatic rings. The molecule has 1 unspecified atom stereocenters. The molecule has 0 amide bonds. The zero-order valence-electron chi connectivity index (χ0n) is 9.92. The van der Waals surface area contributed by atoms with E-state index in [-0.39, 0.29) is 5.54 Å². The third-order valence-corrected chi connectivity index (χ3v) is 3.88. The summed E-state index contributed by atoms with van der Waals surface area (Å²) in [6.07, 6.45) is 16.2. The van der Waals surface area contributed by atoms with E-state index < -0.39 is 0 Å². The van der Waals surface area contributed by atoms with E-state index >= 15 is 0 Å². The predicted octanol–water partition coefficient (Wildman–Crippen LogP) is 2.89. The van der Waals surface area contributed by atoms with Gasteiger partial charge in [0.1, 0.15) is 5.54 Å². The minimum absolute atomic E-state index is 0.276. The third-order valence-electron chi connectivity index (χ3n) is 3.88. The number of allylic oxidation sites excluding steroid dienone is 1. The van der Waals surface area contributed by atoms with Crippen molar-refractivity contribution in [1.82, 2.24) is 9.97 Å². The molecule has 1 aliphatic carbocycles. The zero-order valence-corrected chi connectivity index (χ0v) is 9.92. The van der Waals surface area contributed by atoms with Crippen molar-refractivity contribution >= 4 is 6.21 Å². The smallest absolute Gasteiger partial charge is 0.160 e. The second-order valence-corrected chi connectivity index (χ2v) is 4.87. The molecular weight excluding hydrogens is 210 g/mol. The summed E-state index contributed by atoms with van der Waals surface area (Å²) >= 11 is 0. The Morgan fingerprint density at radius 1 is 1.06 bits per heavy atom. The molecule has 1 fully saturated rings. The van der Waals surface area contributed by atoms with Crippen molar-refractivity contribution in [2.75, 3.05) is 0 Å². The van der Waals surface area contributed by atoms with Crippen molar-refractivity contribution < 1.29 is 0 Å². The molecule has 1 saturated carbocycles. The molecule has 0 radical (unpaired) electrons. The summed E-state index contributed by atoms with van der Waals surface area (Å²) in [4.78, 5) is 13.6. The average molecular weight is 227 g/mol. The van der Waals surface area contributed by atoms with E-state index in [9.17, 15) is 0 Å². The minimum Gasteiger partial charge on any atom is -0.274 e. The van der Waals surface area contributed by atoms with Crippen LogP contribution in [0.3, 0.4) is 0 Å². The lowest BCUT2D eigenvalue weighted by Gasteiger charge is -2.34. The lowest BCUT2D eigenvalue weighted by atomic mass is 9.74. The Labute approximate surface area is 102 Å². The number of aromatic nitrogens is 2. The van der Waals surface area contributed by atoms with E-state index in [0.717, 1.165) is 5.82 Å². The second kappa shape index (κ2) is 4.40. The molecule has 88 valence electrons. The first-order valence-electron chi connectivity index (χ1n) is 6.42. The maximum Gasteiger partial charge on any atom is 0.160 e. The highest BCUT2D eigenvalue weighted by Crippen LogP contribution is 2.43. The van der Waals surface area contributed by atoms with E-state index in [4.69, 9.17) is 4.99 Å². The van der Waals surface area contributed by atoms with Gasteiger partial charge in [0.05, 0.1) is 0 Å². The quantitative estimate of drug-likeness (QED) is 0.779.